The van der Waals surface area contributed by atoms with E-state index in [-0.39, 0.29) is 16.5 Å². The summed E-state index contributed by atoms with van der Waals surface area (Å²) in [5.74, 6) is -0.591. The fraction of sp³-hybridized carbons (Fsp3) is 0.250. The van der Waals surface area contributed by atoms with Crippen molar-refractivity contribution >= 4 is 15.9 Å². The topological polar surface area (TPSA) is 35.2 Å². The Morgan fingerprint density at radius 3 is 2.62 bits per heavy atom. The van der Waals surface area contributed by atoms with E-state index in [0.29, 0.717) is 5.75 Å². The molecule has 0 bridgehead atoms. The van der Waals surface area contributed by atoms with E-state index < -0.39 is 17.7 Å². The number of hydrogen-bond donors (Lipinski definition) is 1. The van der Waals surface area contributed by atoms with Crippen LogP contribution in [0.2, 0.25) is 0 Å². The van der Waals surface area contributed by atoms with Gasteiger partial charge in [0.25, 0.3) is 0 Å². The minimum absolute atomic E-state index is 0.0282. The summed E-state index contributed by atoms with van der Waals surface area (Å²) < 4.78 is 33.3. The third-order valence-electron chi connectivity index (χ3n) is 3.35. The molecule has 1 atom stereocenters. The lowest BCUT2D eigenvalue weighted by Gasteiger charge is -2.17. The molecular weight excluding hydrogens is 340 g/mol. The summed E-state index contributed by atoms with van der Waals surface area (Å²) in [5.41, 5.74) is 7.84. The second-order valence-corrected chi connectivity index (χ2v) is 5.73. The van der Waals surface area contributed by atoms with E-state index in [2.05, 4.69) is 15.9 Å². The van der Waals surface area contributed by atoms with Crippen molar-refractivity contribution < 1.29 is 13.5 Å². The van der Waals surface area contributed by atoms with E-state index in [1.165, 1.54) is 12.1 Å². The Morgan fingerprint density at radius 1 is 1.24 bits per heavy atom. The summed E-state index contributed by atoms with van der Waals surface area (Å²) in [4.78, 5) is 0. The molecule has 21 heavy (non-hydrogen) atoms. The summed E-state index contributed by atoms with van der Waals surface area (Å²) in [5, 5.41) is 0. The molecule has 0 fully saturated rings. The van der Waals surface area contributed by atoms with Crippen LogP contribution in [0.25, 0.3) is 0 Å². The molecule has 0 aliphatic heterocycles. The lowest BCUT2D eigenvalue weighted by atomic mass is 9.97. The van der Waals surface area contributed by atoms with Gasteiger partial charge in [-0.25, -0.2) is 8.78 Å². The van der Waals surface area contributed by atoms with Crippen molar-refractivity contribution in [2.24, 2.45) is 5.73 Å². The van der Waals surface area contributed by atoms with E-state index in [0.717, 1.165) is 11.1 Å². The van der Waals surface area contributed by atoms with Crippen LogP contribution in [0.3, 0.4) is 0 Å². The van der Waals surface area contributed by atoms with Crippen molar-refractivity contribution in [1.29, 1.82) is 0 Å². The van der Waals surface area contributed by atoms with Gasteiger partial charge < -0.3 is 10.5 Å². The number of halogens is 3. The van der Waals surface area contributed by atoms with Gasteiger partial charge in [-0.3, -0.25) is 0 Å². The first-order chi connectivity index (χ1) is 9.93. The van der Waals surface area contributed by atoms with E-state index >= 15 is 0 Å². The SMILES string of the molecule is COc1cc(C)ccc1C(N)Cc1c(F)ccc(Br)c1F. The third kappa shape index (κ3) is 3.41. The average Bonchev–Trinajstić information content (AvgIpc) is 2.47. The smallest absolute Gasteiger partial charge is 0.143 e. The van der Waals surface area contributed by atoms with Crippen molar-refractivity contribution in [3.63, 3.8) is 0 Å². The monoisotopic (exact) mass is 355 g/mol. The molecule has 0 heterocycles. The minimum atomic E-state index is -0.614. The van der Waals surface area contributed by atoms with Crippen LogP contribution in [0, 0.1) is 18.6 Å². The van der Waals surface area contributed by atoms with Crippen LogP contribution in [-0.4, -0.2) is 7.11 Å². The number of hydrogen-bond acceptors (Lipinski definition) is 2. The normalized spacial score (nSPS) is 12.3. The van der Waals surface area contributed by atoms with Gasteiger partial charge in [0.2, 0.25) is 0 Å². The van der Waals surface area contributed by atoms with E-state index in [9.17, 15) is 8.78 Å². The zero-order valence-electron chi connectivity index (χ0n) is 11.8. The second-order valence-electron chi connectivity index (χ2n) is 4.88. The maximum atomic E-state index is 14.0. The van der Waals surface area contributed by atoms with Gasteiger partial charge in [0, 0.05) is 17.2 Å². The standard InChI is InChI=1S/C16H16BrF2NO/c1-9-3-4-10(15(7-9)21-2)14(20)8-11-13(18)6-5-12(17)16(11)19/h3-7,14H,8,20H2,1-2H3. The highest BCUT2D eigenvalue weighted by Gasteiger charge is 2.19. The number of rotatable bonds is 4. The van der Waals surface area contributed by atoms with Crippen molar-refractivity contribution in [3.05, 3.63) is 63.1 Å². The van der Waals surface area contributed by atoms with Crippen LogP contribution in [0.5, 0.6) is 5.75 Å². The Hall–Kier alpha value is -1.46. The average molecular weight is 356 g/mol. The van der Waals surface area contributed by atoms with E-state index in [1.807, 2.05) is 25.1 Å². The zero-order valence-corrected chi connectivity index (χ0v) is 13.4. The second kappa shape index (κ2) is 6.54. The Balaban J connectivity index is 2.35. The lowest BCUT2D eigenvalue weighted by Crippen LogP contribution is -2.16. The highest BCUT2D eigenvalue weighted by Crippen LogP contribution is 2.30. The van der Waals surface area contributed by atoms with Gasteiger partial charge in [-0.1, -0.05) is 12.1 Å². The van der Waals surface area contributed by atoms with Gasteiger partial charge in [0.05, 0.1) is 11.6 Å². The Morgan fingerprint density at radius 2 is 1.95 bits per heavy atom. The van der Waals surface area contributed by atoms with Crippen LogP contribution >= 0.6 is 15.9 Å². The fourth-order valence-electron chi connectivity index (χ4n) is 2.21. The molecule has 0 aliphatic carbocycles. The predicted molar refractivity (Wildman–Crippen MR) is 82.4 cm³/mol. The molecule has 0 amide bonds. The number of benzene rings is 2. The molecule has 0 spiro atoms. The molecule has 2 aromatic rings. The molecule has 1 unspecified atom stereocenters. The Kier molecular flexibility index (Phi) is 4.96. The quantitative estimate of drug-likeness (QED) is 0.830. The number of nitrogens with two attached hydrogens (primary N) is 1. The van der Waals surface area contributed by atoms with Gasteiger partial charge in [-0.2, -0.15) is 0 Å². The molecule has 0 saturated carbocycles. The van der Waals surface area contributed by atoms with Crippen molar-refractivity contribution in [1.82, 2.24) is 0 Å². The summed E-state index contributed by atoms with van der Waals surface area (Å²) in [6.07, 6.45) is 0.0521. The molecule has 0 saturated heterocycles. The number of ether oxygens (including phenoxy) is 1. The third-order valence-corrected chi connectivity index (χ3v) is 3.96. The fourth-order valence-corrected chi connectivity index (χ4v) is 2.58. The van der Waals surface area contributed by atoms with Crippen molar-refractivity contribution in [2.75, 3.05) is 7.11 Å². The molecule has 2 rings (SSSR count). The van der Waals surface area contributed by atoms with Crippen LogP contribution < -0.4 is 10.5 Å². The molecular formula is C16H16BrF2NO. The minimum Gasteiger partial charge on any atom is -0.496 e. The van der Waals surface area contributed by atoms with Crippen LogP contribution in [0.4, 0.5) is 8.78 Å². The van der Waals surface area contributed by atoms with E-state index in [4.69, 9.17) is 10.5 Å². The summed E-state index contributed by atoms with van der Waals surface area (Å²) >= 11 is 3.06. The van der Waals surface area contributed by atoms with Crippen molar-refractivity contribution in [3.8, 4) is 5.75 Å². The van der Waals surface area contributed by atoms with Crippen LogP contribution in [0.15, 0.2) is 34.8 Å². The molecule has 2 N–H and O–H groups in total. The largest absolute Gasteiger partial charge is 0.496 e. The summed E-state index contributed by atoms with van der Waals surface area (Å²) in [6, 6.07) is 7.58. The molecule has 2 aromatic carbocycles. The number of methoxy groups -OCH3 is 1. The first-order valence-corrected chi connectivity index (χ1v) is 7.25. The maximum Gasteiger partial charge on any atom is 0.143 e. The molecule has 0 aliphatic rings. The van der Waals surface area contributed by atoms with Gasteiger partial charge >= 0.3 is 0 Å². The molecule has 112 valence electrons. The van der Waals surface area contributed by atoms with Gasteiger partial charge in [-0.05, 0) is 53.0 Å². The van der Waals surface area contributed by atoms with Crippen LogP contribution in [-0.2, 0) is 6.42 Å². The molecule has 0 aromatic heterocycles. The van der Waals surface area contributed by atoms with Crippen LogP contribution in [0.1, 0.15) is 22.7 Å². The van der Waals surface area contributed by atoms with Gasteiger partial charge in [0.15, 0.2) is 0 Å². The molecule has 0 radical (unpaired) electrons. The van der Waals surface area contributed by atoms with Gasteiger partial charge in [0.1, 0.15) is 17.4 Å². The highest BCUT2D eigenvalue weighted by atomic mass is 79.9. The highest BCUT2D eigenvalue weighted by molar-refractivity contribution is 9.10. The molecule has 5 heteroatoms. The lowest BCUT2D eigenvalue weighted by molar-refractivity contribution is 0.404. The summed E-state index contributed by atoms with van der Waals surface area (Å²) in [7, 11) is 1.55. The Bertz CT molecular complexity index is 661. The Labute approximate surface area is 131 Å². The maximum absolute atomic E-state index is 14.0. The summed E-state index contributed by atoms with van der Waals surface area (Å²) in [6.45, 7) is 1.94. The molecule has 2 nitrogen and oxygen atoms in total. The van der Waals surface area contributed by atoms with Crippen molar-refractivity contribution in [2.45, 2.75) is 19.4 Å². The van der Waals surface area contributed by atoms with Gasteiger partial charge in [-0.15, -0.1) is 0 Å². The first-order valence-electron chi connectivity index (χ1n) is 6.46. The first kappa shape index (κ1) is 15.9. The zero-order chi connectivity index (χ0) is 15.6. The predicted octanol–water partition coefficient (Wildman–Crippen LogP) is 4.29. The number of aryl methyl sites for hydroxylation is 1. The van der Waals surface area contributed by atoms with E-state index in [1.54, 1.807) is 7.11 Å².